The van der Waals surface area contributed by atoms with E-state index < -0.39 is 0 Å². The lowest BCUT2D eigenvalue weighted by Gasteiger charge is -2.26. The van der Waals surface area contributed by atoms with E-state index in [9.17, 15) is 4.79 Å². The molecule has 0 spiro atoms. The Morgan fingerprint density at radius 3 is 2.96 bits per heavy atom. The zero-order chi connectivity index (χ0) is 17.9. The molecule has 4 nitrogen and oxygen atoms in total. The van der Waals surface area contributed by atoms with E-state index in [1.165, 1.54) is 6.08 Å². The zero-order valence-electron chi connectivity index (χ0n) is 14.0. The Hall–Kier alpha value is -2.85. The number of hydrogen-bond donors (Lipinski definition) is 1. The molecule has 5 heteroatoms. The molecule has 0 fully saturated rings. The topological polar surface area (TPSA) is 51.2 Å². The molecule has 4 rings (SSSR count). The number of carbonyl (C=O) groups is 1. The summed E-state index contributed by atoms with van der Waals surface area (Å²) in [6, 6.07) is 17.2. The number of halogens is 1. The van der Waals surface area contributed by atoms with E-state index in [0.29, 0.717) is 17.3 Å². The Bertz CT molecular complexity index is 1000. The van der Waals surface area contributed by atoms with Gasteiger partial charge in [0.25, 0.3) is 0 Å². The SMILES string of the molecule is O=C(/C=C/c1ccc2ccc(Cl)cc2n1)NC1CCOc2ccccc21. The molecule has 0 aliphatic carbocycles. The number of carbonyl (C=O) groups excluding carboxylic acids is 1. The van der Waals surface area contributed by atoms with E-state index in [-0.39, 0.29) is 11.9 Å². The summed E-state index contributed by atoms with van der Waals surface area (Å²) in [4.78, 5) is 16.8. The number of ether oxygens (including phenoxy) is 1. The number of hydrogen-bond acceptors (Lipinski definition) is 3. The van der Waals surface area contributed by atoms with E-state index in [4.69, 9.17) is 16.3 Å². The highest BCUT2D eigenvalue weighted by atomic mass is 35.5. The Morgan fingerprint density at radius 2 is 2.04 bits per heavy atom. The molecular weight excluding hydrogens is 348 g/mol. The van der Waals surface area contributed by atoms with Crippen molar-refractivity contribution in [3.63, 3.8) is 0 Å². The molecular formula is C21H17ClN2O2. The van der Waals surface area contributed by atoms with Gasteiger partial charge in [0.15, 0.2) is 0 Å². The molecule has 1 aliphatic rings. The fraction of sp³-hybridized carbons (Fsp3) is 0.143. The summed E-state index contributed by atoms with van der Waals surface area (Å²) in [5, 5.41) is 4.69. The molecule has 2 aromatic carbocycles. The molecule has 3 aromatic rings. The van der Waals surface area contributed by atoms with E-state index in [0.717, 1.165) is 28.6 Å². The van der Waals surface area contributed by atoms with Crippen LogP contribution < -0.4 is 10.1 Å². The van der Waals surface area contributed by atoms with Crippen LogP contribution in [-0.4, -0.2) is 17.5 Å². The van der Waals surface area contributed by atoms with Gasteiger partial charge in [-0.05, 0) is 30.3 Å². The summed E-state index contributed by atoms with van der Waals surface area (Å²) in [5.74, 6) is 0.681. The third-order valence-corrected chi connectivity index (χ3v) is 4.59. The van der Waals surface area contributed by atoms with Gasteiger partial charge in [-0.25, -0.2) is 4.98 Å². The van der Waals surface area contributed by atoms with Crippen molar-refractivity contribution in [3.8, 4) is 5.75 Å². The lowest BCUT2D eigenvalue weighted by molar-refractivity contribution is -0.117. The molecule has 0 bridgehead atoms. The first-order chi connectivity index (χ1) is 12.7. The Labute approximate surface area is 156 Å². The van der Waals surface area contributed by atoms with Gasteiger partial charge >= 0.3 is 0 Å². The maximum Gasteiger partial charge on any atom is 0.244 e. The number of nitrogens with one attached hydrogen (secondary N) is 1. The highest BCUT2D eigenvalue weighted by Crippen LogP contribution is 2.31. The largest absolute Gasteiger partial charge is 0.493 e. The summed E-state index contributed by atoms with van der Waals surface area (Å²) >= 11 is 6.02. The van der Waals surface area contributed by atoms with Crippen molar-refractivity contribution in [1.29, 1.82) is 0 Å². The molecule has 1 unspecified atom stereocenters. The number of fused-ring (bicyclic) bond motifs is 2. The molecule has 2 heterocycles. The third kappa shape index (κ3) is 3.55. The van der Waals surface area contributed by atoms with Crippen LogP contribution in [0.4, 0.5) is 0 Å². The maximum atomic E-state index is 12.3. The Morgan fingerprint density at radius 1 is 1.19 bits per heavy atom. The first-order valence-electron chi connectivity index (χ1n) is 8.46. The quantitative estimate of drug-likeness (QED) is 0.694. The van der Waals surface area contributed by atoms with Crippen LogP contribution in [0, 0.1) is 0 Å². The van der Waals surface area contributed by atoms with Crippen LogP contribution in [0.25, 0.3) is 17.0 Å². The normalized spacial score (nSPS) is 16.3. The number of aromatic nitrogens is 1. The average Bonchev–Trinajstić information content (AvgIpc) is 2.66. The summed E-state index contributed by atoms with van der Waals surface area (Å²) in [7, 11) is 0. The van der Waals surface area contributed by atoms with Crippen molar-refractivity contribution in [2.24, 2.45) is 0 Å². The highest BCUT2D eigenvalue weighted by molar-refractivity contribution is 6.31. The van der Waals surface area contributed by atoms with Gasteiger partial charge in [0.05, 0.1) is 23.9 Å². The lowest BCUT2D eigenvalue weighted by atomic mass is 10.0. The molecule has 0 saturated carbocycles. The second kappa shape index (κ2) is 7.18. The standard InChI is InChI=1S/C21H17ClN2O2/c22-15-7-5-14-6-8-16(23-19(14)13-15)9-10-21(25)24-18-11-12-26-20-4-2-1-3-17(18)20/h1-10,13,18H,11-12H2,(H,24,25)/b10-9+. The van der Waals surface area contributed by atoms with E-state index in [2.05, 4.69) is 10.3 Å². The first kappa shape index (κ1) is 16.6. The summed E-state index contributed by atoms with van der Waals surface area (Å²) in [5.41, 5.74) is 2.53. The Kier molecular flexibility index (Phi) is 4.59. The van der Waals surface area contributed by atoms with Crippen LogP contribution in [0.5, 0.6) is 5.75 Å². The second-order valence-electron chi connectivity index (χ2n) is 6.14. The van der Waals surface area contributed by atoms with Gasteiger partial charge in [0.1, 0.15) is 5.75 Å². The fourth-order valence-electron chi connectivity index (χ4n) is 3.07. The summed E-state index contributed by atoms with van der Waals surface area (Å²) in [6.07, 6.45) is 3.97. The van der Waals surface area contributed by atoms with Crippen LogP contribution >= 0.6 is 11.6 Å². The van der Waals surface area contributed by atoms with Crippen molar-refractivity contribution < 1.29 is 9.53 Å². The van der Waals surface area contributed by atoms with Crippen molar-refractivity contribution in [1.82, 2.24) is 10.3 Å². The smallest absolute Gasteiger partial charge is 0.244 e. The molecule has 1 amide bonds. The lowest BCUT2D eigenvalue weighted by Crippen LogP contribution is -2.30. The number of nitrogens with zero attached hydrogens (tertiary/aromatic N) is 1. The molecule has 1 atom stereocenters. The van der Waals surface area contributed by atoms with Gasteiger partial charge in [-0.1, -0.05) is 41.9 Å². The maximum absolute atomic E-state index is 12.3. The predicted molar refractivity (Wildman–Crippen MR) is 103 cm³/mol. The number of amides is 1. The predicted octanol–water partition coefficient (Wildman–Crippen LogP) is 4.54. The highest BCUT2D eigenvalue weighted by Gasteiger charge is 2.21. The van der Waals surface area contributed by atoms with Crippen molar-refractivity contribution >= 4 is 34.5 Å². The van der Waals surface area contributed by atoms with Crippen molar-refractivity contribution in [2.45, 2.75) is 12.5 Å². The monoisotopic (exact) mass is 364 g/mol. The van der Waals surface area contributed by atoms with Gasteiger partial charge in [-0.15, -0.1) is 0 Å². The van der Waals surface area contributed by atoms with E-state index in [1.807, 2.05) is 54.6 Å². The molecule has 130 valence electrons. The number of benzene rings is 2. The number of pyridine rings is 1. The minimum atomic E-state index is -0.153. The van der Waals surface area contributed by atoms with E-state index in [1.54, 1.807) is 6.08 Å². The van der Waals surface area contributed by atoms with Gasteiger partial charge < -0.3 is 10.1 Å². The molecule has 26 heavy (non-hydrogen) atoms. The molecule has 0 saturated heterocycles. The second-order valence-corrected chi connectivity index (χ2v) is 6.58. The Balaban J connectivity index is 1.48. The van der Waals surface area contributed by atoms with Crippen molar-refractivity contribution in [2.75, 3.05) is 6.61 Å². The van der Waals surface area contributed by atoms with Crippen LogP contribution in [0.15, 0.2) is 60.7 Å². The summed E-state index contributed by atoms with van der Waals surface area (Å²) in [6.45, 7) is 0.596. The molecule has 1 N–H and O–H groups in total. The van der Waals surface area contributed by atoms with Crippen LogP contribution in [-0.2, 0) is 4.79 Å². The van der Waals surface area contributed by atoms with Crippen LogP contribution in [0.1, 0.15) is 23.7 Å². The molecule has 0 radical (unpaired) electrons. The van der Waals surface area contributed by atoms with Gasteiger partial charge in [-0.2, -0.15) is 0 Å². The third-order valence-electron chi connectivity index (χ3n) is 4.36. The van der Waals surface area contributed by atoms with E-state index >= 15 is 0 Å². The summed E-state index contributed by atoms with van der Waals surface area (Å²) < 4.78 is 5.62. The fourth-order valence-corrected chi connectivity index (χ4v) is 3.24. The number of rotatable bonds is 3. The van der Waals surface area contributed by atoms with Crippen LogP contribution in [0.2, 0.25) is 5.02 Å². The minimum absolute atomic E-state index is 0.0412. The number of para-hydroxylation sites is 1. The van der Waals surface area contributed by atoms with Gasteiger partial charge in [-0.3, -0.25) is 4.79 Å². The minimum Gasteiger partial charge on any atom is -0.493 e. The first-order valence-corrected chi connectivity index (χ1v) is 8.83. The molecule has 1 aliphatic heterocycles. The molecule has 1 aromatic heterocycles. The average molecular weight is 365 g/mol. The van der Waals surface area contributed by atoms with Gasteiger partial charge in [0, 0.05) is 28.5 Å². The zero-order valence-corrected chi connectivity index (χ0v) is 14.7. The van der Waals surface area contributed by atoms with Gasteiger partial charge in [0.2, 0.25) is 5.91 Å². The van der Waals surface area contributed by atoms with Crippen molar-refractivity contribution in [3.05, 3.63) is 77.0 Å². The van der Waals surface area contributed by atoms with Crippen LogP contribution in [0.3, 0.4) is 0 Å².